The van der Waals surface area contributed by atoms with E-state index in [9.17, 15) is 9.59 Å². The molecule has 1 aromatic heterocycles. The maximum atomic E-state index is 12.2. The Hall–Kier alpha value is -2.15. The third kappa shape index (κ3) is 4.23. The minimum Gasteiger partial charge on any atom is -0.475 e. The second kappa shape index (κ2) is 7.61. The summed E-state index contributed by atoms with van der Waals surface area (Å²) in [5.74, 6) is 0.343. The van der Waals surface area contributed by atoms with Crippen LogP contribution in [0.3, 0.4) is 0 Å². The van der Waals surface area contributed by atoms with E-state index in [0.717, 1.165) is 18.4 Å². The van der Waals surface area contributed by atoms with Crippen molar-refractivity contribution in [2.24, 2.45) is 5.92 Å². The molecule has 0 spiro atoms. The Morgan fingerprint density at radius 2 is 2.21 bits per heavy atom. The van der Waals surface area contributed by atoms with Crippen molar-refractivity contribution in [3.05, 3.63) is 23.9 Å². The molecule has 2 amide bonds. The number of nitrogens with one attached hydrogen (secondary N) is 1. The summed E-state index contributed by atoms with van der Waals surface area (Å²) >= 11 is 0. The highest BCUT2D eigenvalue weighted by atomic mass is 16.5. The second-order valence-electron chi connectivity index (χ2n) is 6.24. The van der Waals surface area contributed by atoms with Crippen LogP contribution in [-0.4, -0.2) is 54.6 Å². The number of carbonyl (C=O) groups is 2. The van der Waals surface area contributed by atoms with Crippen molar-refractivity contribution in [2.45, 2.75) is 31.8 Å². The smallest absolute Gasteiger partial charge is 0.225 e. The molecule has 1 saturated carbocycles. The van der Waals surface area contributed by atoms with Gasteiger partial charge < -0.3 is 19.7 Å². The molecule has 0 aromatic carbocycles. The highest BCUT2D eigenvalue weighted by Gasteiger charge is 2.41. The summed E-state index contributed by atoms with van der Waals surface area (Å²) in [4.78, 5) is 30.2. The van der Waals surface area contributed by atoms with Gasteiger partial charge >= 0.3 is 0 Å². The van der Waals surface area contributed by atoms with E-state index >= 15 is 0 Å². The first-order valence-electron chi connectivity index (χ1n) is 8.31. The van der Waals surface area contributed by atoms with Gasteiger partial charge in [-0.15, -0.1) is 0 Å². The molecule has 2 aliphatic rings. The highest BCUT2D eigenvalue weighted by molar-refractivity contribution is 5.89. The zero-order chi connectivity index (χ0) is 16.9. The molecular formula is C17H23N3O4. The van der Waals surface area contributed by atoms with E-state index < -0.39 is 0 Å². The van der Waals surface area contributed by atoms with Gasteiger partial charge in [-0.1, -0.05) is 6.07 Å². The molecule has 1 aromatic rings. The molecule has 2 fully saturated rings. The fourth-order valence-corrected chi connectivity index (χ4v) is 2.81. The number of likely N-dealkylation sites (tertiary alicyclic amines) is 1. The van der Waals surface area contributed by atoms with E-state index in [2.05, 4.69) is 10.3 Å². The number of nitrogens with zero attached hydrogens (tertiary/aromatic N) is 2. The number of aromatic nitrogens is 1. The van der Waals surface area contributed by atoms with Crippen LogP contribution < -0.4 is 10.1 Å². The van der Waals surface area contributed by atoms with Crippen LogP contribution in [0.15, 0.2) is 18.3 Å². The van der Waals surface area contributed by atoms with Crippen molar-refractivity contribution >= 4 is 11.8 Å². The van der Waals surface area contributed by atoms with Crippen LogP contribution in [0, 0.1) is 5.92 Å². The first-order valence-corrected chi connectivity index (χ1v) is 8.31. The summed E-state index contributed by atoms with van der Waals surface area (Å²) in [5.41, 5.74) is 0.894. The van der Waals surface area contributed by atoms with E-state index in [1.54, 1.807) is 19.4 Å². The lowest BCUT2D eigenvalue weighted by Crippen LogP contribution is -2.33. The lowest BCUT2D eigenvalue weighted by molar-refractivity contribution is -0.129. The molecule has 7 heteroatoms. The monoisotopic (exact) mass is 333 g/mol. The summed E-state index contributed by atoms with van der Waals surface area (Å²) in [6.07, 6.45) is 4.15. The van der Waals surface area contributed by atoms with Crippen molar-refractivity contribution in [1.82, 2.24) is 15.2 Å². The lowest BCUT2D eigenvalue weighted by Gasteiger charge is -2.15. The van der Waals surface area contributed by atoms with Crippen molar-refractivity contribution in [3.8, 4) is 5.88 Å². The van der Waals surface area contributed by atoms with E-state index in [-0.39, 0.29) is 17.7 Å². The van der Waals surface area contributed by atoms with E-state index in [1.165, 1.54) is 0 Å². The molecule has 3 rings (SSSR count). The predicted molar refractivity (Wildman–Crippen MR) is 86.3 cm³/mol. The summed E-state index contributed by atoms with van der Waals surface area (Å²) < 4.78 is 10.3. The number of hydrogen-bond donors (Lipinski definition) is 1. The van der Waals surface area contributed by atoms with Crippen LogP contribution in [0.1, 0.15) is 24.8 Å². The standard InChI is InChI=1S/C17H23N3O4/c1-23-6-7-24-15-5-2-12(9-18-15)10-19-17(22)13-8-16(21)20(11-13)14-3-4-14/h2,5,9,13-14H,3-4,6-8,10-11H2,1H3,(H,19,22). The van der Waals surface area contributed by atoms with E-state index in [0.29, 0.717) is 44.6 Å². The van der Waals surface area contributed by atoms with Gasteiger partial charge in [-0.25, -0.2) is 4.98 Å². The fraction of sp³-hybridized carbons (Fsp3) is 0.588. The van der Waals surface area contributed by atoms with Crippen molar-refractivity contribution in [3.63, 3.8) is 0 Å². The Morgan fingerprint density at radius 3 is 2.88 bits per heavy atom. The molecule has 24 heavy (non-hydrogen) atoms. The van der Waals surface area contributed by atoms with Gasteiger partial charge in [0.1, 0.15) is 6.61 Å². The largest absolute Gasteiger partial charge is 0.475 e. The van der Waals surface area contributed by atoms with Crippen molar-refractivity contribution in [2.75, 3.05) is 26.9 Å². The number of amides is 2. The number of methoxy groups -OCH3 is 1. The molecule has 0 radical (unpaired) electrons. The minimum atomic E-state index is -0.234. The van der Waals surface area contributed by atoms with E-state index in [4.69, 9.17) is 9.47 Å². The number of rotatable bonds is 8. The van der Waals surface area contributed by atoms with Gasteiger partial charge in [0.15, 0.2) is 0 Å². The Kier molecular flexibility index (Phi) is 5.30. The third-order valence-electron chi connectivity index (χ3n) is 4.32. The molecule has 7 nitrogen and oxygen atoms in total. The molecule has 1 saturated heterocycles. The molecular weight excluding hydrogens is 310 g/mol. The molecule has 2 heterocycles. The maximum Gasteiger partial charge on any atom is 0.225 e. The number of ether oxygens (including phenoxy) is 2. The summed E-state index contributed by atoms with van der Waals surface area (Å²) in [6, 6.07) is 4.02. The van der Waals surface area contributed by atoms with Gasteiger partial charge in [-0.3, -0.25) is 9.59 Å². The fourth-order valence-electron chi connectivity index (χ4n) is 2.81. The predicted octanol–water partition coefficient (Wildman–Crippen LogP) is 0.734. The quantitative estimate of drug-likeness (QED) is 0.710. The van der Waals surface area contributed by atoms with Crippen molar-refractivity contribution in [1.29, 1.82) is 0 Å². The van der Waals surface area contributed by atoms with Crippen LogP contribution in [-0.2, 0) is 20.9 Å². The first kappa shape index (κ1) is 16.7. The van der Waals surface area contributed by atoms with Gasteiger partial charge in [0.2, 0.25) is 17.7 Å². The van der Waals surface area contributed by atoms with Gasteiger partial charge in [0.05, 0.1) is 12.5 Å². The average Bonchev–Trinajstić information content (AvgIpc) is 3.36. The maximum absolute atomic E-state index is 12.2. The molecule has 130 valence electrons. The first-order chi connectivity index (χ1) is 11.7. The SMILES string of the molecule is COCCOc1ccc(CNC(=O)C2CC(=O)N(C3CC3)C2)cn1. The van der Waals surface area contributed by atoms with Gasteiger partial charge in [0.25, 0.3) is 0 Å². The molecule has 0 bridgehead atoms. The molecule has 1 atom stereocenters. The van der Waals surface area contributed by atoms with Crippen LogP contribution in [0.25, 0.3) is 0 Å². The van der Waals surface area contributed by atoms with Crippen LogP contribution in [0.4, 0.5) is 0 Å². The minimum absolute atomic E-state index is 0.0630. The van der Waals surface area contributed by atoms with Gasteiger partial charge in [-0.05, 0) is 18.4 Å². The van der Waals surface area contributed by atoms with Gasteiger partial charge in [0, 0.05) is 44.9 Å². The topological polar surface area (TPSA) is 80.8 Å². The molecule has 1 N–H and O–H groups in total. The summed E-state index contributed by atoms with van der Waals surface area (Å²) in [5, 5.41) is 2.89. The Labute approximate surface area is 141 Å². The zero-order valence-electron chi connectivity index (χ0n) is 13.9. The normalized spacial score (nSPS) is 20.3. The Morgan fingerprint density at radius 1 is 1.38 bits per heavy atom. The van der Waals surface area contributed by atoms with Crippen LogP contribution in [0.5, 0.6) is 5.88 Å². The summed E-state index contributed by atoms with van der Waals surface area (Å²) in [6.45, 7) is 1.92. The Bertz CT molecular complexity index is 586. The van der Waals surface area contributed by atoms with Crippen LogP contribution in [0.2, 0.25) is 0 Å². The lowest BCUT2D eigenvalue weighted by atomic mass is 10.1. The van der Waals surface area contributed by atoms with Gasteiger partial charge in [-0.2, -0.15) is 0 Å². The second-order valence-corrected chi connectivity index (χ2v) is 6.24. The molecule has 1 aliphatic heterocycles. The summed E-state index contributed by atoms with van der Waals surface area (Å²) in [7, 11) is 1.62. The number of hydrogen-bond acceptors (Lipinski definition) is 5. The number of pyridine rings is 1. The average molecular weight is 333 g/mol. The third-order valence-corrected chi connectivity index (χ3v) is 4.32. The van der Waals surface area contributed by atoms with E-state index in [1.807, 2.05) is 11.0 Å². The van der Waals surface area contributed by atoms with Crippen molar-refractivity contribution < 1.29 is 19.1 Å². The highest BCUT2D eigenvalue weighted by Crippen LogP contribution is 2.32. The molecule has 1 unspecified atom stereocenters. The molecule has 1 aliphatic carbocycles. The van der Waals surface area contributed by atoms with Crippen LogP contribution >= 0.6 is 0 Å². The number of carbonyl (C=O) groups excluding carboxylic acids is 2. The zero-order valence-corrected chi connectivity index (χ0v) is 13.9. The Balaban J connectivity index is 1.43.